The maximum absolute atomic E-state index is 12.5. The van der Waals surface area contributed by atoms with Crippen molar-refractivity contribution >= 4 is 28.6 Å². The molecule has 2 aromatic rings. The fraction of sp³-hybridized carbons (Fsp3) is 0.286. The summed E-state index contributed by atoms with van der Waals surface area (Å²) < 4.78 is 37.6. The summed E-state index contributed by atoms with van der Waals surface area (Å²) >= 11 is 7.58. The first-order valence-electron chi connectivity index (χ1n) is 5.94. The number of hydrogen-bond donors (Lipinski definition) is 1. The van der Waals surface area contributed by atoms with Gasteiger partial charge in [-0.25, -0.2) is 0 Å². The van der Waals surface area contributed by atoms with Gasteiger partial charge in [0.25, 0.3) is 0 Å². The van der Waals surface area contributed by atoms with Gasteiger partial charge in [-0.1, -0.05) is 11.6 Å². The summed E-state index contributed by atoms with van der Waals surface area (Å²) in [7, 11) is 0. The van der Waals surface area contributed by atoms with Gasteiger partial charge in [0.2, 0.25) is 0 Å². The van der Waals surface area contributed by atoms with Crippen molar-refractivity contribution in [2.45, 2.75) is 26.6 Å². The van der Waals surface area contributed by atoms with Crippen LogP contribution in [-0.2, 0) is 12.7 Å². The van der Waals surface area contributed by atoms with Crippen LogP contribution in [0.3, 0.4) is 0 Å². The highest BCUT2D eigenvalue weighted by atomic mass is 35.5. The minimum atomic E-state index is -4.37. The number of nitrogens with one attached hydrogen (secondary N) is 1. The Hall–Kier alpha value is -1.20. The Labute approximate surface area is 124 Å². The highest BCUT2D eigenvalue weighted by Crippen LogP contribution is 2.34. The van der Waals surface area contributed by atoms with Crippen LogP contribution in [0, 0.1) is 13.8 Å². The van der Waals surface area contributed by atoms with E-state index < -0.39 is 11.7 Å². The average Bonchev–Trinajstić information content (AvgIpc) is 2.65. The number of thiophene rings is 1. The van der Waals surface area contributed by atoms with E-state index in [4.69, 9.17) is 11.6 Å². The van der Waals surface area contributed by atoms with Crippen LogP contribution in [-0.4, -0.2) is 0 Å². The topological polar surface area (TPSA) is 12.0 Å². The number of hydrogen-bond acceptors (Lipinski definition) is 2. The van der Waals surface area contributed by atoms with Gasteiger partial charge in [-0.05, 0) is 43.7 Å². The van der Waals surface area contributed by atoms with Gasteiger partial charge in [0.05, 0.1) is 16.3 Å². The molecular weight excluding hydrogens is 307 g/mol. The molecule has 1 nitrogen and oxygen atoms in total. The van der Waals surface area contributed by atoms with Crippen LogP contribution in [0.2, 0.25) is 5.02 Å². The van der Waals surface area contributed by atoms with Crippen LogP contribution in [0.1, 0.15) is 20.9 Å². The van der Waals surface area contributed by atoms with Crippen molar-refractivity contribution in [1.29, 1.82) is 0 Å². The Bertz CT molecular complexity index is 619. The van der Waals surface area contributed by atoms with Crippen LogP contribution in [0.5, 0.6) is 0 Å². The van der Waals surface area contributed by atoms with E-state index in [9.17, 15) is 13.2 Å². The van der Waals surface area contributed by atoms with Gasteiger partial charge in [0.15, 0.2) is 0 Å². The van der Waals surface area contributed by atoms with E-state index in [1.54, 1.807) is 11.3 Å². The molecule has 0 bridgehead atoms. The molecule has 2 rings (SSSR count). The fourth-order valence-electron chi connectivity index (χ4n) is 1.88. The summed E-state index contributed by atoms with van der Waals surface area (Å²) in [6, 6.07) is 5.39. The van der Waals surface area contributed by atoms with Crippen LogP contribution >= 0.6 is 22.9 Å². The zero-order valence-corrected chi connectivity index (χ0v) is 12.5. The summed E-state index contributed by atoms with van der Waals surface area (Å²) in [5, 5.41) is 3.14. The smallest absolute Gasteiger partial charge is 0.380 e. The molecule has 1 N–H and O–H groups in total. The molecule has 1 aromatic heterocycles. The predicted molar refractivity (Wildman–Crippen MR) is 77.6 cm³/mol. The van der Waals surface area contributed by atoms with E-state index in [0.717, 1.165) is 17.7 Å². The normalized spacial score (nSPS) is 11.7. The van der Waals surface area contributed by atoms with Crippen LogP contribution in [0.4, 0.5) is 18.9 Å². The molecule has 6 heteroatoms. The van der Waals surface area contributed by atoms with Gasteiger partial charge in [-0.15, -0.1) is 11.3 Å². The van der Waals surface area contributed by atoms with Crippen molar-refractivity contribution in [3.05, 3.63) is 50.2 Å². The lowest BCUT2D eigenvalue weighted by Gasteiger charge is -2.11. The Morgan fingerprint density at radius 3 is 2.40 bits per heavy atom. The van der Waals surface area contributed by atoms with Crippen LogP contribution in [0.15, 0.2) is 24.3 Å². The summed E-state index contributed by atoms with van der Waals surface area (Å²) in [5.41, 5.74) is 0.891. The molecule has 0 atom stereocenters. The summed E-state index contributed by atoms with van der Waals surface area (Å²) in [4.78, 5) is 2.40. The monoisotopic (exact) mass is 319 g/mol. The molecule has 108 valence electrons. The van der Waals surface area contributed by atoms with Crippen molar-refractivity contribution in [1.82, 2.24) is 0 Å². The zero-order chi connectivity index (χ0) is 14.9. The van der Waals surface area contributed by atoms with Gasteiger partial charge >= 0.3 is 6.18 Å². The Kier molecular flexibility index (Phi) is 4.30. The summed E-state index contributed by atoms with van der Waals surface area (Å²) in [6.45, 7) is 4.58. The predicted octanol–water partition coefficient (Wildman–Crippen LogP) is 5.65. The number of aryl methyl sites for hydroxylation is 2. The number of halogens is 4. The SMILES string of the molecule is Cc1cc(CNc2ccc(C(F)(F)F)cc2Cl)c(C)s1. The van der Waals surface area contributed by atoms with E-state index in [-0.39, 0.29) is 5.02 Å². The Balaban J connectivity index is 2.13. The van der Waals surface area contributed by atoms with Gasteiger partial charge in [-0.3, -0.25) is 0 Å². The Morgan fingerprint density at radius 2 is 1.90 bits per heavy atom. The molecule has 0 fully saturated rings. The van der Waals surface area contributed by atoms with Gasteiger partial charge in [0.1, 0.15) is 0 Å². The van der Waals surface area contributed by atoms with Crippen molar-refractivity contribution in [2.24, 2.45) is 0 Å². The lowest BCUT2D eigenvalue weighted by Crippen LogP contribution is -2.06. The maximum atomic E-state index is 12.5. The standard InChI is InChI=1S/C14H13ClF3NS/c1-8-5-10(9(2)20-8)7-19-13-4-3-11(6-12(13)15)14(16,17)18/h3-6,19H,7H2,1-2H3. The highest BCUT2D eigenvalue weighted by molar-refractivity contribution is 7.12. The van der Waals surface area contributed by atoms with E-state index in [1.165, 1.54) is 15.8 Å². The fourth-order valence-corrected chi connectivity index (χ4v) is 3.08. The average molecular weight is 320 g/mol. The maximum Gasteiger partial charge on any atom is 0.416 e. The largest absolute Gasteiger partial charge is 0.416 e. The first-order chi connectivity index (χ1) is 9.27. The second kappa shape index (κ2) is 5.66. The molecular formula is C14H13ClF3NS. The van der Waals surface area contributed by atoms with Crippen molar-refractivity contribution in [3.63, 3.8) is 0 Å². The van der Waals surface area contributed by atoms with Crippen LogP contribution < -0.4 is 5.32 Å². The lowest BCUT2D eigenvalue weighted by atomic mass is 10.2. The minimum absolute atomic E-state index is 0.0735. The molecule has 0 aliphatic heterocycles. The number of rotatable bonds is 3. The number of alkyl halides is 3. The van der Waals surface area contributed by atoms with Crippen LogP contribution in [0.25, 0.3) is 0 Å². The van der Waals surface area contributed by atoms with E-state index >= 15 is 0 Å². The quantitative estimate of drug-likeness (QED) is 0.771. The van der Waals surface area contributed by atoms with E-state index in [2.05, 4.69) is 11.4 Å². The molecule has 0 spiro atoms. The minimum Gasteiger partial charge on any atom is -0.380 e. The zero-order valence-electron chi connectivity index (χ0n) is 10.9. The van der Waals surface area contributed by atoms with E-state index in [0.29, 0.717) is 12.2 Å². The first-order valence-corrected chi connectivity index (χ1v) is 7.13. The lowest BCUT2D eigenvalue weighted by molar-refractivity contribution is -0.137. The Morgan fingerprint density at radius 1 is 1.20 bits per heavy atom. The molecule has 0 radical (unpaired) electrons. The van der Waals surface area contributed by atoms with Gasteiger partial charge in [0, 0.05) is 16.3 Å². The molecule has 0 saturated carbocycles. The van der Waals surface area contributed by atoms with Crippen molar-refractivity contribution in [3.8, 4) is 0 Å². The van der Waals surface area contributed by atoms with Gasteiger partial charge in [-0.2, -0.15) is 13.2 Å². The third-order valence-corrected chi connectivity index (χ3v) is 4.23. The molecule has 1 heterocycles. The molecule has 0 unspecified atom stereocenters. The molecule has 20 heavy (non-hydrogen) atoms. The molecule has 0 saturated heterocycles. The summed E-state index contributed by atoms with van der Waals surface area (Å²) in [5.74, 6) is 0. The molecule has 0 aliphatic carbocycles. The first kappa shape index (κ1) is 15.2. The number of benzene rings is 1. The second-order valence-electron chi connectivity index (χ2n) is 4.48. The van der Waals surface area contributed by atoms with Gasteiger partial charge < -0.3 is 5.32 Å². The van der Waals surface area contributed by atoms with E-state index in [1.807, 2.05) is 13.8 Å². The molecule has 0 amide bonds. The number of anilines is 1. The third-order valence-electron chi connectivity index (χ3n) is 2.91. The summed E-state index contributed by atoms with van der Waals surface area (Å²) in [6.07, 6.45) is -4.37. The highest BCUT2D eigenvalue weighted by Gasteiger charge is 2.30. The molecule has 0 aliphatic rings. The van der Waals surface area contributed by atoms with Crippen molar-refractivity contribution in [2.75, 3.05) is 5.32 Å². The molecule has 1 aromatic carbocycles. The van der Waals surface area contributed by atoms with Crippen molar-refractivity contribution < 1.29 is 13.2 Å². The third kappa shape index (κ3) is 3.46. The second-order valence-corrected chi connectivity index (χ2v) is 6.35.